The number of hydrogen-bond acceptors (Lipinski definition) is 7. The van der Waals surface area contributed by atoms with Crippen molar-refractivity contribution in [2.24, 2.45) is 0 Å². The van der Waals surface area contributed by atoms with E-state index in [4.69, 9.17) is 29.9 Å². The van der Waals surface area contributed by atoms with Gasteiger partial charge in [-0.3, -0.25) is 9.47 Å². The Labute approximate surface area is 432 Å². The van der Waals surface area contributed by atoms with Gasteiger partial charge in [0, 0.05) is 33.0 Å². The molecule has 0 N–H and O–H groups in total. The van der Waals surface area contributed by atoms with Crippen LogP contribution in [0.3, 0.4) is 0 Å². The zero-order valence-corrected chi connectivity index (χ0v) is 40.3. The minimum atomic E-state index is -0.686. The van der Waals surface area contributed by atoms with Crippen LogP contribution in [0.5, 0.6) is 0 Å². The third kappa shape index (κ3) is 6.63. The van der Waals surface area contributed by atoms with Crippen LogP contribution in [0.15, 0.2) is 255 Å². The number of para-hydroxylation sites is 3. The lowest BCUT2D eigenvalue weighted by Gasteiger charge is -2.44. The van der Waals surface area contributed by atoms with Crippen LogP contribution in [0, 0.1) is 0 Å². The van der Waals surface area contributed by atoms with Gasteiger partial charge in [0.25, 0.3) is 0 Å². The van der Waals surface area contributed by atoms with Crippen LogP contribution in [0.2, 0.25) is 0 Å². The molecule has 0 unspecified atom stereocenters. The standard InChI is InChI=1S/C67H42N8/c1-5-21-43(22-6-1)61-68-62(44-23-7-2-8-24-44)71-65(70-61)74-57-34-18-14-30-51(57)52-41-47(38-40-58(52)74)48-37-39-50-49-29-13-15-31-53(49)67(56(50)42-48)54-32-16-19-35-59(54)75(60-36-20-17-33-55(60)67)66-72-63(45-25-9-3-10-26-45)69-64(73-66)46-27-11-4-12-28-46/h1-42H. The molecule has 8 nitrogen and oxygen atoms in total. The highest BCUT2D eigenvalue weighted by Gasteiger charge is 2.52. The lowest BCUT2D eigenvalue weighted by atomic mass is 9.64. The third-order valence-corrected chi connectivity index (χ3v) is 14.9. The lowest BCUT2D eigenvalue weighted by Crippen LogP contribution is -2.36. The van der Waals surface area contributed by atoms with Gasteiger partial charge in [0.2, 0.25) is 11.9 Å². The molecule has 13 aromatic rings. The third-order valence-electron chi connectivity index (χ3n) is 14.9. The maximum Gasteiger partial charge on any atom is 0.238 e. The molecule has 0 bridgehead atoms. The topological polar surface area (TPSA) is 85.5 Å². The summed E-state index contributed by atoms with van der Waals surface area (Å²) in [6, 6.07) is 89.5. The van der Waals surface area contributed by atoms with Gasteiger partial charge >= 0.3 is 0 Å². The fourth-order valence-corrected chi connectivity index (χ4v) is 11.7. The van der Waals surface area contributed by atoms with Crippen LogP contribution in [-0.2, 0) is 5.41 Å². The summed E-state index contributed by atoms with van der Waals surface area (Å²) in [6.07, 6.45) is 0. The molecule has 350 valence electrons. The van der Waals surface area contributed by atoms with E-state index in [0.29, 0.717) is 35.2 Å². The van der Waals surface area contributed by atoms with E-state index in [0.717, 1.165) is 77.7 Å². The van der Waals surface area contributed by atoms with Crippen molar-refractivity contribution in [3.63, 3.8) is 0 Å². The number of fused-ring (bicyclic) bond motifs is 12. The van der Waals surface area contributed by atoms with Gasteiger partial charge in [-0.25, -0.2) is 9.97 Å². The van der Waals surface area contributed by atoms with E-state index < -0.39 is 5.41 Å². The highest BCUT2D eigenvalue weighted by Crippen LogP contribution is 2.63. The fraction of sp³-hybridized carbons (Fsp3) is 0.0149. The molecule has 1 aliphatic carbocycles. The summed E-state index contributed by atoms with van der Waals surface area (Å²) < 4.78 is 2.18. The molecule has 2 aliphatic rings. The van der Waals surface area contributed by atoms with Gasteiger partial charge in [0.05, 0.1) is 27.8 Å². The summed E-state index contributed by atoms with van der Waals surface area (Å²) in [5, 5.41) is 2.22. The quantitative estimate of drug-likeness (QED) is 0.157. The summed E-state index contributed by atoms with van der Waals surface area (Å²) in [6.45, 7) is 0. The Morgan fingerprint density at radius 3 is 1.24 bits per heavy atom. The maximum atomic E-state index is 5.30. The first-order valence-electron chi connectivity index (χ1n) is 25.2. The highest BCUT2D eigenvalue weighted by molar-refractivity contribution is 6.10. The lowest BCUT2D eigenvalue weighted by molar-refractivity contribution is 0.749. The smallest absolute Gasteiger partial charge is 0.238 e. The molecule has 0 radical (unpaired) electrons. The van der Waals surface area contributed by atoms with Gasteiger partial charge in [-0.05, 0) is 80.9 Å². The Bertz CT molecular complexity index is 4200. The molecule has 1 spiro atoms. The van der Waals surface area contributed by atoms with Crippen LogP contribution in [0.4, 0.5) is 17.3 Å². The Kier molecular flexibility index (Phi) is 9.62. The van der Waals surface area contributed by atoms with E-state index in [1.165, 1.54) is 22.3 Å². The van der Waals surface area contributed by atoms with Gasteiger partial charge < -0.3 is 0 Å². The molecule has 10 aromatic carbocycles. The normalized spacial score (nSPS) is 12.9. The molecule has 0 saturated heterocycles. The molecule has 3 aromatic heterocycles. The van der Waals surface area contributed by atoms with Crippen LogP contribution in [-0.4, -0.2) is 34.5 Å². The summed E-state index contributed by atoms with van der Waals surface area (Å²) in [5.41, 5.74) is 16.5. The first kappa shape index (κ1) is 42.5. The number of benzene rings is 10. The number of hydrogen-bond donors (Lipinski definition) is 0. The van der Waals surface area contributed by atoms with Gasteiger partial charge in [-0.2, -0.15) is 19.9 Å². The van der Waals surface area contributed by atoms with Gasteiger partial charge in [-0.1, -0.05) is 218 Å². The molecule has 4 heterocycles. The van der Waals surface area contributed by atoms with E-state index in [1.807, 2.05) is 97.1 Å². The van der Waals surface area contributed by atoms with Gasteiger partial charge in [-0.15, -0.1) is 0 Å². The Morgan fingerprint density at radius 2 is 0.680 bits per heavy atom. The van der Waals surface area contributed by atoms with Crippen molar-refractivity contribution in [2.45, 2.75) is 5.41 Å². The van der Waals surface area contributed by atoms with Crippen molar-refractivity contribution in [3.05, 3.63) is 277 Å². The molecule has 0 atom stereocenters. The summed E-state index contributed by atoms with van der Waals surface area (Å²) in [5.74, 6) is 3.57. The van der Waals surface area contributed by atoms with Crippen molar-refractivity contribution in [3.8, 4) is 73.8 Å². The van der Waals surface area contributed by atoms with Gasteiger partial charge in [0.15, 0.2) is 23.3 Å². The summed E-state index contributed by atoms with van der Waals surface area (Å²) in [4.78, 5) is 33.3. The molecule has 1 aliphatic heterocycles. The average Bonchev–Trinajstić information content (AvgIpc) is 4.07. The minimum Gasteiger partial charge on any atom is -0.278 e. The zero-order valence-electron chi connectivity index (χ0n) is 40.3. The van der Waals surface area contributed by atoms with Crippen molar-refractivity contribution >= 4 is 39.1 Å². The van der Waals surface area contributed by atoms with Gasteiger partial charge in [0.1, 0.15) is 0 Å². The van der Waals surface area contributed by atoms with E-state index in [9.17, 15) is 0 Å². The SMILES string of the molecule is c1ccc(-c2nc(-c3ccccc3)nc(N3c4ccccc4C4(c5ccccc5-c5ccc(-c6ccc7c(c6)c6ccccc6n7-c6nc(-c7ccccc7)nc(-c7ccccc7)n6)cc54)c4ccccc43)n2)cc1. The molecule has 0 fully saturated rings. The van der Waals surface area contributed by atoms with E-state index in [-0.39, 0.29) is 0 Å². The van der Waals surface area contributed by atoms with Crippen LogP contribution in [0.1, 0.15) is 22.3 Å². The summed E-state index contributed by atoms with van der Waals surface area (Å²) in [7, 11) is 0. The van der Waals surface area contributed by atoms with Crippen molar-refractivity contribution in [1.82, 2.24) is 34.5 Å². The second kappa shape index (κ2) is 17.0. The van der Waals surface area contributed by atoms with Crippen LogP contribution in [0.25, 0.3) is 95.6 Å². The van der Waals surface area contributed by atoms with E-state index in [2.05, 4.69) is 167 Å². The minimum absolute atomic E-state index is 0.551. The largest absolute Gasteiger partial charge is 0.278 e. The first-order valence-corrected chi connectivity index (χ1v) is 25.2. The Balaban J connectivity index is 0.919. The Hall–Kier alpha value is -10.2. The van der Waals surface area contributed by atoms with Crippen molar-refractivity contribution in [1.29, 1.82) is 0 Å². The number of anilines is 3. The maximum absolute atomic E-state index is 5.30. The monoisotopic (exact) mass is 958 g/mol. The predicted molar refractivity (Wildman–Crippen MR) is 300 cm³/mol. The highest BCUT2D eigenvalue weighted by atomic mass is 15.3. The first-order chi connectivity index (χ1) is 37.2. The fourth-order valence-electron chi connectivity index (χ4n) is 11.7. The molecule has 75 heavy (non-hydrogen) atoms. The Morgan fingerprint density at radius 1 is 0.267 bits per heavy atom. The van der Waals surface area contributed by atoms with Crippen molar-refractivity contribution in [2.75, 3.05) is 4.90 Å². The second-order valence-electron chi connectivity index (χ2n) is 19.0. The number of rotatable bonds is 7. The van der Waals surface area contributed by atoms with Crippen LogP contribution < -0.4 is 4.90 Å². The molecular formula is C67H42N8. The predicted octanol–water partition coefficient (Wildman–Crippen LogP) is 15.6. The second-order valence-corrected chi connectivity index (χ2v) is 19.0. The van der Waals surface area contributed by atoms with E-state index in [1.54, 1.807) is 0 Å². The van der Waals surface area contributed by atoms with E-state index >= 15 is 0 Å². The van der Waals surface area contributed by atoms with Crippen LogP contribution >= 0.6 is 0 Å². The molecule has 0 amide bonds. The molecule has 15 rings (SSSR count). The molecule has 0 saturated carbocycles. The average molecular weight is 959 g/mol. The zero-order chi connectivity index (χ0) is 49.5. The summed E-state index contributed by atoms with van der Waals surface area (Å²) >= 11 is 0. The number of nitrogens with zero attached hydrogens (tertiary/aromatic N) is 8. The molecular weight excluding hydrogens is 917 g/mol. The van der Waals surface area contributed by atoms with Crippen molar-refractivity contribution < 1.29 is 0 Å². The molecule has 8 heteroatoms. The number of aromatic nitrogens is 7.